The van der Waals surface area contributed by atoms with Gasteiger partial charge in [-0.25, -0.2) is 0 Å². The molecule has 0 bridgehead atoms. The van der Waals surface area contributed by atoms with Gasteiger partial charge in [0.25, 0.3) is 0 Å². The van der Waals surface area contributed by atoms with Crippen LogP contribution in [-0.2, 0) is 0 Å². The fraction of sp³-hybridized carbons (Fsp3) is 0.273. The molecule has 1 heterocycles. The Bertz CT molecular complexity index is 1000. The minimum absolute atomic E-state index is 0.00624. The first-order chi connectivity index (χ1) is 14.0. The van der Waals surface area contributed by atoms with E-state index in [0.717, 1.165) is 30.0 Å². The lowest BCUT2D eigenvalue weighted by Gasteiger charge is -2.22. The molecular weight excluding hydrogens is 364 g/mol. The van der Waals surface area contributed by atoms with Crippen LogP contribution in [-0.4, -0.2) is 34.1 Å². The third-order valence-corrected chi connectivity index (χ3v) is 4.69. The summed E-state index contributed by atoms with van der Waals surface area (Å²) in [6.07, 6.45) is 1.58. The molecule has 7 nitrogen and oxygen atoms in total. The van der Waals surface area contributed by atoms with E-state index in [1.165, 1.54) is 12.6 Å². The zero-order valence-electron chi connectivity index (χ0n) is 17.2. The number of carbonyl (C=O) groups is 1. The molecule has 0 radical (unpaired) electrons. The topological polar surface area (TPSA) is 83.0 Å². The van der Waals surface area contributed by atoms with E-state index < -0.39 is 0 Å². The number of aromatic nitrogens is 3. The summed E-state index contributed by atoms with van der Waals surface area (Å²) in [7, 11) is 0. The number of hydrogen-bond donors (Lipinski definition) is 2. The molecule has 3 rings (SSSR count). The van der Waals surface area contributed by atoms with Crippen LogP contribution in [0.15, 0.2) is 48.7 Å². The molecule has 0 aliphatic rings. The second-order valence-electron chi connectivity index (χ2n) is 6.72. The number of rotatable bonds is 8. The van der Waals surface area contributed by atoms with Crippen molar-refractivity contribution in [2.24, 2.45) is 0 Å². The number of ketones is 1. The highest BCUT2D eigenvalue weighted by molar-refractivity contribution is 5.95. The number of nitrogens with one attached hydrogen (secondary N) is 2. The van der Waals surface area contributed by atoms with Crippen LogP contribution in [0.4, 0.5) is 28.8 Å². The third-order valence-electron chi connectivity index (χ3n) is 4.69. The number of hydrogen-bond acceptors (Lipinski definition) is 7. The van der Waals surface area contributed by atoms with Crippen molar-refractivity contribution in [1.82, 2.24) is 15.2 Å². The first-order valence-corrected chi connectivity index (χ1v) is 9.70. The van der Waals surface area contributed by atoms with E-state index in [1.807, 2.05) is 12.1 Å². The number of anilines is 5. The van der Waals surface area contributed by atoms with Crippen molar-refractivity contribution in [1.29, 1.82) is 0 Å². The van der Waals surface area contributed by atoms with Crippen LogP contribution < -0.4 is 15.5 Å². The predicted molar refractivity (Wildman–Crippen MR) is 118 cm³/mol. The van der Waals surface area contributed by atoms with Crippen LogP contribution >= 0.6 is 0 Å². The number of benzene rings is 2. The fourth-order valence-corrected chi connectivity index (χ4v) is 3.07. The summed E-state index contributed by atoms with van der Waals surface area (Å²) in [5.41, 5.74) is 4.65. The summed E-state index contributed by atoms with van der Waals surface area (Å²) < 4.78 is 0. The monoisotopic (exact) mass is 390 g/mol. The Morgan fingerprint density at radius 2 is 1.86 bits per heavy atom. The number of carbonyl (C=O) groups excluding carboxylic acids is 1. The number of nitrogens with zero attached hydrogens (tertiary/aromatic N) is 4. The van der Waals surface area contributed by atoms with Crippen molar-refractivity contribution in [2.45, 2.75) is 27.7 Å². The molecule has 0 unspecified atom stereocenters. The van der Waals surface area contributed by atoms with Gasteiger partial charge in [-0.1, -0.05) is 12.1 Å². The first kappa shape index (κ1) is 20.3. The summed E-state index contributed by atoms with van der Waals surface area (Å²) in [6.45, 7) is 9.85. The van der Waals surface area contributed by atoms with Gasteiger partial charge in [0, 0.05) is 35.7 Å². The average Bonchev–Trinajstić information content (AvgIpc) is 2.71. The smallest absolute Gasteiger partial charge is 0.249 e. The van der Waals surface area contributed by atoms with E-state index in [-0.39, 0.29) is 5.78 Å². The molecule has 0 amide bonds. The highest BCUT2D eigenvalue weighted by Gasteiger charge is 2.08. The Labute approximate surface area is 171 Å². The zero-order valence-corrected chi connectivity index (χ0v) is 17.2. The second-order valence-corrected chi connectivity index (χ2v) is 6.72. The molecule has 0 aliphatic heterocycles. The minimum atomic E-state index is 0.00624. The van der Waals surface area contributed by atoms with Crippen LogP contribution in [0.5, 0.6) is 0 Å². The highest BCUT2D eigenvalue weighted by Crippen LogP contribution is 2.25. The Balaban J connectivity index is 1.76. The number of Topliss-reactive ketones (excluding diaryl/α,β-unsaturated/α-hetero) is 1. The molecule has 1 aromatic heterocycles. The lowest BCUT2D eigenvalue weighted by molar-refractivity contribution is 0.101. The largest absolute Gasteiger partial charge is 0.372 e. The van der Waals surface area contributed by atoms with E-state index in [0.29, 0.717) is 17.3 Å². The summed E-state index contributed by atoms with van der Waals surface area (Å²) in [4.78, 5) is 18.3. The fourth-order valence-electron chi connectivity index (χ4n) is 3.07. The van der Waals surface area contributed by atoms with Gasteiger partial charge < -0.3 is 15.5 Å². The molecule has 2 N–H and O–H groups in total. The third kappa shape index (κ3) is 5.07. The molecule has 0 saturated carbocycles. The van der Waals surface area contributed by atoms with Gasteiger partial charge in [-0.05, 0) is 63.6 Å². The molecule has 0 fully saturated rings. The van der Waals surface area contributed by atoms with Gasteiger partial charge in [0.2, 0.25) is 5.95 Å². The van der Waals surface area contributed by atoms with E-state index >= 15 is 0 Å². The van der Waals surface area contributed by atoms with Gasteiger partial charge in [-0.3, -0.25) is 4.79 Å². The van der Waals surface area contributed by atoms with E-state index in [4.69, 9.17) is 0 Å². The molecule has 0 saturated heterocycles. The maximum Gasteiger partial charge on any atom is 0.249 e. The summed E-state index contributed by atoms with van der Waals surface area (Å²) in [5.74, 6) is 0.948. The normalized spacial score (nSPS) is 10.5. The average molecular weight is 390 g/mol. The lowest BCUT2D eigenvalue weighted by atomic mass is 10.1. The molecular formula is C22H26N6O. The summed E-state index contributed by atoms with van der Waals surface area (Å²) in [5, 5.41) is 14.5. The standard InChI is InChI=1S/C22H26N6O/c1-5-28(6-2)19-10-11-20(15(3)12-19)25-21-14-23-27-22(26-21)24-18-9-7-8-17(13-18)16(4)29/h7-14H,5-6H2,1-4H3,(H2,24,25,26,27). The van der Waals surface area contributed by atoms with Gasteiger partial charge in [-0.2, -0.15) is 10.1 Å². The van der Waals surface area contributed by atoms with Crippen LogP contribution in [0.25, 0.3) is 0 Å². The van der Waals surface area contributed by atoms with Gasteiger partial charge >= 0.3 is 0 Å². The lowest BCUT2D eigenvalue weighted by Crippen LogP contribution is -2.21. The van der Waals surface area contributed by atoms with Gasteiger partial charge in [0.05, 0.1) is 6.20 Å². The van der Waals surface area contributed by atoms with Crippen LogP contribution in [0, 0.1) is 6.92 Å². The second kappa shape index (κ2) is 9.14. The molecule has 0 aliphatic carbocycles. The van der Waals surface area contributed by atoms with E-state index in [1.54, 1.807) is 18.3 Å². The Morgan fingerprint density at radius 3 is 2.55 bits per heavy atom. The Hall–Kier alpha value is -3.48. The molecule has 29 heavy (non-hydrogen) atoms. The van der Waals surface area contributed by atoms with Crippen molar-refractivity contribution < 1.29 is 4.79 Å². The maximum atomic E-state index is 11.6. The van der Waals surface area contributed by atoms with Gasteiger partial charge in [0.1, 0.15) is 0 Å². The minimum Gasteiger partial charge on any atom is -0.372 e. The SMILES string of the molecule is CCN(CC)c1ccc(Nc2cnnc(Nc3cccc(C(C)=O)c3)n2)c(C)c1. The molecule has 0 atom stereocenters. The Kier molecular flexibility index (Phi) is 6.39. The van der Waals surface area contributed by atoms with Crippen molar-refractivity contribution in [3.63, 3.8) is 0 Å². The van der Waals surface area contributed by atoms with Crippen LogP contribution in [0.2, 0.25) is 0 Å². The zero-order chi connectivity index (χ0) is 20.8. The number of aryl methyl sites for hydroxylation is 1. The van der Waals surface area contributed by atoms with Gasteiger partial charge in [0.15, 0.2) is 11.6 Å². The van der Waals surface area contributed by atoms with Crippen molar-refractivity contribution >= 4 is 34.6 Å². The Morgan fingerprint density at radius 1 is 1.07 bits per heavy atom. The van der Waals surface area contributed by atoms with E-state index in [2.05, 4.69) is 69.7 Å². The predicted octanol–water partition coefficient (Wildman–Crippen LogP) is 4.72. The molecule has 7 heteroatoms. The van der Waals surface area contributed by atoms with Gasteiger partial charge in [-0.15, -0.1) is 5.10 Å². The van der Waals surface area contributed by atoms with Crippen LogP contribution in [0.1, 0.15) is 36.7 Å². The molecule has 0 spiro atoms. The summed E-state index contributed by atoms with van der Waals surface area (Å²) in [6, 6.07) is 13.5. The van der Waals surface area contributed by atoms with Crippen molar-refractivity contribution in [2.75, 3.05) is 28.6 Å². The maximum absolute atomic E-state index is 11.6. The molecule has 2 aromatic carbocycles. The first-order valence-electron chi connectivity index (χ1n) is 9.70. The van der Waals surface area contributed by atoms with E-state index in [9.17, 15) is 4.79 Å². The quantitative estimate of drug-likeness (QED) is 0.539. The summed E-state index contributed by atoms with van der Waals surface area (Å²) >= 11 is 0. The van der Waals surface area contributed by atoms with Crippen LogP contribution in [0.3, 0.4) is 0 Å². The van der Waals surface area contributed by atoms with Crippen molar-refractivity contribution in [3.8, 4) is 0 Å². The molecule has 3 aromatic rings. The highest BCUT2D eigenvalue weighted by atomic mass is 16.1. The van der Waals surface area contributed by atoms with Crippen molar-refractivity contribution in [3.05, 3.63) is 59.8 Å². The molecule has 150 valence electrons.